The molecule has 0 aliphatic heterocycles. The van der Waals surface area contributed by atoms with E-state index in [2.05, 4.69) is 43.2 Å². The van der Waals surface area contributed by atoms with Crippen molar-refractivity contribution in [3.8, 4) is 17.2 Å². The van der Waals surface area contributed by atoms with Crippen LogP contribution in [-0.2, 0) is 0 Å². The van der Waals surface area contributed by atoms with Gasteiger partial charge in [-0.1, -0.05) is 32.9 Å². The molecule has 0 saturated carbocycles. The van der Waals surface area contributed by atoms with Gasteiger partial charge in [0, 0.05) is 16.8 Å². The average molecular weight is 429 g/mol. The summed E-state index contributed by atoms with van der Waals surface area (Å²) in [6.07, 6.45) is 2.02. The monoisotopic (exact) mass is 428 g/mol. The van der Waals surface area contributed by atoms with E-state index in [0.29, 0.717) is 29.7 Å². The molecule has 32 heavy (non-hydrogen) atoms. The number of carbonyl (C=O) groups is 1. The van der Waals surface area contributed by atoms with Crippen LogP contribution in [0.2, 0.25) is 0 Å². The molecule has 0 bridgehead atoms. The first-order valence-corrected chi connectivity index (χ1v) is 11.1. The quantitative estimate of drug-likeness (QED) is 0.327. The third kappa shape index (κ3) is 4.83. The number of anilines is 1. The van der Waals surface area contributed by atoms with E-state index in [1.54, 1.807) is 12.1 Å². The zero-order valence-corrected chi connectivity index (χ0v) is 18.7. The van der Waals surface area contributed by atoms with Gasteiger partial charge in [-0.25, -0.2) is 4.98 Å². The molecular formula is C27H28N2O3. The van der Waals surface area contributed by atoms with Crippen molar-refractivity contribution in [1.82, 2.24) is 4.98 Å². The zero-order chi connectivity index (χ0) is 22.5. The van der Waals surface area contributed by atoms with Crippen LogP contribution in [0.25, 0.3) is 22.6 Å². The number of fused-ring (bicyclic) bond motifs is 1. The Hall–Kier alpha value is -3.60. The van der Waals surface area contributed by atoms with Crippen LogP contribution in [0.15, 0.2) is 71.1 Å². The van der Waals surface area contributed by atoms with Gasteiger partial charge in [0.2, 0.25) is 5.89 Å². The first-order chi connectivity index (χ1) is 15.6. The Morgan fingerprint density at radius 3 is 2.62 bits per heavy atom. The number of ether oxygens (including phenoxy) is 1. The average Bonchev–Trinajstić information content (AvgIpc) is 3.26. The number of nitrogens with zero attached hydrogens (tertiary/aromatic N) is 1. The first-order valence-electron chi connectivity index (χ1n) is 11.1. The molecule has 0 spiro atoms. The van der Waals surface area contributed by atoms with Crippen LogP contribution in [0.3, 0.4) is 0 Å². The third-order valence-electron chi connectivity index (χ3n) is 5.55. The fraction of sp³-hybridized carbons (Fsp3) is 0.259. The number of aromatic nitrogens is 1. The van der Waals surface area contributed by atoms with Gasteiger partial charge in [-0.3, -0.25) is 4.79 Å². The fourth-order valence-electron chi connectivity index (χ4n) is 3.47. The number of amides is 1. The number of nitrogens with one attached hydrogen (secondary N) is 1. The second kappa shape index (κ2) is 9.69. The number of oxazole rings is 1. The summed E-state index contributed by atoms with van der Waals surface area (Å²) in [5, 5.41) is 2.95. The minimum Gasteiger partial charge on any atom is -0.494 e. The van der Waals surface area contributed by atoms with Crippen LogP contribution < -0.4 is 10.1 Å². The maximum absolute atomic E-state index is 12.7. The lowest BCUT2D eigenvalue weighted by Crippen LogP contribution is -2.11. The molecule has 1 atom stereocenters. The Morgan fingerprint density at radius 2 is 1.88 bits per heavy atom. The first kappa shape index (κ1) is 21.6. The molecule has 1 heterocycles. The van der Waals surface area contributed by atoms with Crippen molar-refractivity contribution in [2.75, 3.05) is 11.9 Å². The molecule has 4 rings (SSSR count). The minimum atomic E-state index is -0.181. The molecule has 1 N–H and O–H groups in total. The summed E-state index contributed by atoms with van der Waals surface area (Å²) < 4.78 is 11.6. The molecule has 164 valence electrons. The van der Waals surface area contributed by atoms with Crippen molar-refractivity contribution in [3.63, 3.8) is 0 Å². The van der Waals surface area contributed by atoms with Gasteiger partial charge in [-0.2, -0.15) is 0 Å². The van der Waals surface area contributed by atoms with Gasteiger partial charge in [0.05, 0.1) is 6.61 Å². The summed E-state index contributed by atoms with van der Waals surface area (Å²) in [6.45, 7) is 7.10. The molecule has 4 aromatic rings. The van der Waals surface area contributed by atoms with Gasteiger partial charge >= 0.3 is 0 Å². The molecule has 1 aromatic heterocycles. The van der Waals surface area contributed by atoms with Crippen LogP contribution in [0.1, 0.15) is 55.5 Å². The van der Waals surface area contributed by atoms with E-state index in [1.807, 2.05) is 42.5 Å². The summed E-state index contributed by atoms with van der Waals surface area (Å²) in [7, 11) is 0. The predicted octanol–water partition coefficient (Wildman–Crippen LogP) is 7.05. The van der Waals surface area contributed by atoms with E-state index in [9.17, 15) is 4.79 Å². The van der Waals surface area contributed by atoms with Crippen LogP contribution in [0, 0.1) is 0 Å². The summed E-state index contributed by atoms with van der Waals surface area (Å²) in [4.78, 5) is 17.3. The Kier molecular flexibility index (Phi) is 6.55. The molecule has 0 aliphatic rings. The van der Waals surface area contributed by atoms with Crippen LogP contribution in [0.5, 0.6) is 5.75 Å². The topological polar surface area (TPSA) is 64.4 Å². The van der Waals surface area contributed by atoms with E-state index in [4.69, 9.17) is 9.15 Å². The van der Waals surface area contributed by atoms with Crippen LogP contribution >= 0.6 is 0 Å². The highest BCUT2D eigenvalue weighted by Crippen LogP contribution is 2.29. The summed E-state index contributed by atoms with van der Waals surface area (Å²) in [6, 6.07) is 20.9. The van der Waals surface area contributed by atoms with E-state index in [-0.39, 0.29) is 5.91 Å². The Labute approximate surface area is 188 Å². The number of hydrogen-bond donors (Lipinski definition) is 1. The molecule has 0 unspecified atom stereocenters. The number of carbonyl (C=O) groups excluding carboxylic acids is 1. The summed E-state index contributed by atoms with van der Waals surface area (Å²) in [5.74, 6) is 1.60. The van der Waals surface area contributed by atoms with Gasteiger partial charge in [-0.05, 0) is 78.9 Å². The molecule has 0 aliphatic carbocycles. The van der Waals surface area contributed by atoms with Crippen molar-refractivity contribution < 1.29 is 13.9 Å². The van der Waals surface area contributed by atoms with Crippen LogP contribution in [-0.4, -0.2) is 17.5 Å². The maximum atomic E-state index is 12.7. The van der Waals surface area contributed by atoms with Crippen molar-refractivity contribution in [2.45, 2.75) is 39.5 Å². The normalized spacial score (nSPS) is 12.0. The summed E-state index contributed by atoms with van der Waals surface area (Å²) in [5.41, 5.74) is 4.92. The summed E-state index contributed by atoms with van der Waals surface area (Å²) >= 11 is 0. The Morgan fingerprint density at radius 1 is 1.06 bits per heavy atom. The maximum Gasteiger partial charge on any atom is 0.255 e. The molecule has 5 heteroatoms. The zero-order valence-electron chi connectivity index (χ0n) is 18.7. The van der Waals surface area contributed by atoms with E-state index < -0.39 is 0 Å². The molecule has 1 amide bonds. The molecule has 5 nitrogen and oxygen atoms in total. The highest BCUT2D eigenvalue weighted by molar-refractivity contribution is 6.04. The fourth-order valence-corrected chi connectivity index (χ4v) is 3.47. The molecular weight excluding hydrogens is 400 g/mol. The lowest BCUT2D eigenvalue weighted by Gasteiger charge is -2.08. The largest absolute Gasteiger partial charge is 0.494 e. The smallest absolute Gasteiger partial charge is 0.255 e. The number of benzene rings is 3. The lowest BCUT2D eigenvalue weighted by atomic mass is 9.98. The van der Waals surface area contributed by atoms with Gasteiger partial charge in [0.1, 0.15) is 11.3 Å². The Balaban J connectivity index is 1.51. The van der Waals surface area contributed by atoms with E-state index in [1.165, 1.54) is 5.56 Å². The van der Waals surface area contributed by atoms with Gasteiger partial charge in [0.15, 0.2) is 5.58 Å². The lowest BCUT2D eigenvalue weighted by molar-refractivity contribution is 0.102. The standard InChI is InChI=1S/C27H28N2O3/c1-4-15-31-23-12-9-19(10-13-23)26(30)28-22-8-6-7-21(16-22)27-29-24-17-20(18(3)5-2)11-14-25(24)32-27/h6-14,16-18H,4-5,15H2,1-3H3,(H,28,30)/t18-/m0/s1. The molecule has 0 radical (unpaired) electrons. The highest BCUT2D eigenvalue weighted by atomic mass is 16.5. The van der Waals surface area contributed by atoms with Gasteiger partial charge < -0.3 is 14.5 Å². The van der Waals surface area contributed by atoms with Crippen LogP contribution in [0.4, 0.5) is 5.69 Å². The van der Waals surface area contributed by atoms with E-state index >= 15 is 0 Å². The number of rotatable bonds is 8. The highest BCUT2D eigenvalue weighted by Gasteiger charge is 2.12. The molecule has 0 saturated heterocycles. The van der Waals surface area contributed by atoms with Crippen molar-refractivity contribution >= 4 is 22.7 Å². The third-order valence-corrected chi connectivity index (χ3v) is 5.55. The van der Waals surface area contributed by atoms with Gasteiger partial charge in [-0.15, -0.1) is 0 Å². The predicted molar refractivity (Wildman–Crippen MR) is 128 cm³/mol. The molecule has 0 fully saturated rings. The van der Waals surface area contributed by atoms with Crippen molar-refractivity contribution in [1.29, 1.82) is 0 Å². The SMILES string of the molecule is CCCOc1ccc(C(=O)Nc2cccc(-c3nc4cc([C@@H](C)CC)ccc4o3)c2)cc1. The van der Waals surface area contributed by atoms with Crippen molar-refractivity contribution in [2.24, 2.45) is 0 Å². The second-order valence-corrected chi connectivity index (χ2v) is 7.96. The Bertz CT molecular complexity index is 1210. The molecule has 3 aromatic carbocycles. The van der Waals surface area contributed by atoms with Gasteiger partial charge in [0.25, 0.3) is 5.91 Å². The number of hydrogen-bond acceptors (Lipinski definition) is 4. The van der Waals surface area contributed by atoms with Crippen molar-refractivity contribution in [3.05, 3.63) is 77.9 Å². The minimum absolute atomic E-state index is 0.181. The second-order valence-electron chi connectivity index (χ2n) is 7.96. The van der Waals surface area contributed by atoms with E-state index in [0.717, 1.165) is 35.3 Å².